The zero-order valence-electron chi connectivity index (χ0n) is 18.7. The Morgan fingerprint density at radius 3 is 2.73 bits per heavy atom. The van der Waals surface area contributed by atoms with Crippen LogP contribution in [0.5, 0.6) is 0 Å². The van der Waals surface area contributed by atoms with E-state index < -0.39 is 17.5 Å². The number of halogens is 1. The summed E-state index contributed by atoms with van der Waals surface area (Å²) in [6, 6.07) is 13.3. The number of rotatable bonds is 2. The van der Waals surface area contributed by atoms with Gasteiger partial charge in [0.25, 0.3) is 6.02 Å². The van der Waals surface area contributed by atoms with Crippen molar-refractivity contribution in [3.8, 4) is 17.2 Å². The van der Waals surface area contributed by atoms with Crippen molar-refractivity contribution in [1.82, 2.24) is 0 Å². The highest BCUT2D eigenvalue weighted by molar-refractivity contribution is 6.31. The standard InChI is InChI=1S/C24H24ClN3O2/c1-29-20-4-6-23(7-5-20)12-17-3-2-16(18-8-15(13-26)9-19(25)10-18)11-21(17)24(23)14-30-22(27)28-24/h2-3,8-11,20H,4-7,12,14H2,1H3,(H2,27,28)/i14D2. The molecule has 2 spiro atoms. The number of aliphatic imine (C=N–C) groups is 1. The van der Waals surface area contributed by atoms with Crippen LogP contribution in [0.4, 0.5) is 0 Å². The second kappa shape index (κ2) is 7.01. The Morgan fingerprint density at radius 1 is 1.27 bits per heavy atom. The number of benzene rings is 2. The molecule has 2 aliphatic carbocycles. The lowest BCUT2D eigenvalue weighted by Gasteiger charge is -2.45. The lowest BCUT2D eigenvalue weighted by molar-refractivity contribution is -0.00983. The first-order valence-corrected chi connectivity index (χ1v) is 10.5. The molecule has 154 valence electrons. The molecule has 5 rings (SSSR count). The Bertz CT molecular complexity index is 1170. The normalized spacial score (nSPS) is 32.2. The van der Waals surface area contributed by atoms with Gasteiger partial charge >= 0.3 is 0 Å². The molecule has 3 aliphatic rings. The minimum atomic E-state index is -2.08. The smallest absolute Gasteiger partial charge is 0.283 e. The number of ether oxygens (including phenoxy) is 2. The molecule has 2 aromatic carbocycles. The third-order valence-electron chi connectivity index (χ3n) is 6.96. The Kier molecular flexibility index (Phi) is 4.01. The number of hydrogen-bond acceptors (Lipinski definition) is 5. The van der Waals surface area contributed by atoms with Crippen molar-refractivity contribution < 1.29 is 12.2 Å². The van der Waals surface area contributed by atoms with Gasteiger partial charge in [-0.15, -0.1) is 0 Å². The minimum absolute atomic E-state index is 0.115. The van der Waals surface area contributed by atoms with Crippen LogP contribution in [0.3, 0.4) is 0 Å². The average molecular weight is 424 g/mol. The summed E-state index contributed by atoms with van der Waals surface area (Å²) in [6.45, 7) is -2.08. The van der Waals surface area contributed by atoms with Crippen LogP contribution in [-0.2, 0) is 21.4 Å². The van der Waals surface area contributed by atoms with E-state index in [1.165, 1.54) is 0 Å². The summed E-state index contributed by atoms with van der Waals surface area (Å²) in [5.74, 6) is 0. The molecule has 1 saturated carbocycles. The minimum Gasteiger partial charge on any atom is -0.462 e. The Labute approximate surface area is 184 Å². The molecule has 0 amide bonds. The molecule has 5 nitrogen and oxygen atoms in total. The zero-order chi connectivity index (χ0) is 22.7. The molecule has 2 N–H and O–H groups in total. The number of fused-ring (bicyclic) bond motifs is 3. The molecule has 6 heteroatoms. The first-order valence-electron chi connectivity index (χ1n) is 11.2. The summed E-state index contributed by atoms with van der Waals surface area (Å²) >= 11 is 6.24. The van der Waals surface area contributed by atoms with Gasteiger partial charge < -0.3 is 15.2 Å². The van der Waals surface area contributed by atoms with Crippen LogP contribution >= 0.6 is 11.6 Å². The summed E-state index contributed by atoms with van der Waals surface area (Å²) in [7, 11) is 1.72. The molecule has 0 aromatic heterocycles. The summed E-state index contributed by atoms with van der Waals surface area (Å²) in [4.78, 5) is 4.71. The monoisotopic (exact) mass is 423 g/mol. The van der Waals surface area contributed by atoms with Crippen molar-refractivity contribution in [2.75, 3.05) is 13.7 Å². The lowest BCUT2D eigenvalue weighted by atomic mass is 9.62. The second-order valence-corrected chi connectivity index (χ2v) is 8.91. The predicted octanol–water partition coefficient (Wildman–Crippen LogP) is 4.55. The van der Waals surface area contributed by atoms with Gasteiger partial charge in [-0.2, -0.15) is 5.26 Å². The summed E-state index contributed by atoms with van der Waals surface area (Å²) in [5.41, 5.74) is 8.28. The van der Waals surface area contributed by atoms with E-state index in [2.05, 4.69) is 6.07 Å². The molecule has 0 saturated heterocycles. The van der Waals surface area contributed by atoms with Crippen molar-refractivity contribution in [2.45, 2.75) is 43.7 Å². The van der Waals surface area contributed by atoms with Gasteiger partial charge in [-0.3, -0.25) is 0 Å². The largest absolute Gasteiger partial charge is 0.462 e. The van der Waals surface area contributed by atoms with Crippen molar-refractivity contribution >= 4 is 17.6 Å². The van der Waals surface area contributed by atoms with Crippen molar-refractivity contribution in [1.29, 1.82) is 5.26 Å². The van der Waals surface area contributed by atoms with E-state index >= 15 is 0 Å². The van der Waals surface area contributed by atoms with Crippen molar-refractivity contribution in [2.24, 2.45) is 16.1 Å². The molecule has 1 aliphatic heterocycles. The maximum absolute atomic E-state index is 9.34. The van der Waals surface area contributed by atoms with Gasteiger partial charge in [0, 0.05) is 17.5 Å². The highest BCUT2D eigenvalue weighted by atomic mass is 35.5. The van der Waals surface area contributed by atoms with Gasteiger partial charge in [0.1, 0.15) is 12.1 Å². The fraction of sp³-hybridized carbons (Fsp3) is 0.417. The molecule has 1 heterocycles. The molecule has 2 aromatic rings. The SMILES string of the molecule is [2H]C1([2H])OC(N)=NC12c1cc(-c3cc(Cl)cc(C#N)c3)ccc1CC21CCC(OC)CC1. The van der Waals surface area contributed by atoms with Crippen LogP contribution in [0.15, 0.2) is 41.4 Å². The third kappa shape index (κ3) is 2.82. The van der Waals surface area contributed by atoms with E-state index in [4.69, 9.17) is 34.5 Å². The topological polar surface area (TPSA) is 80.6 Å². The molecule has 30 heavy (non-hydrogen) atoms. The van der Waals surface area contributed by atoms with Gasteiger partial charge in [0.05, 0.1) is 20.5 Å². The van der Waals surface area contributed by atoms with Crippen molar-refractivity contribution in [3.63, 3.8) is 0 Å². The van der Waals surface area contributed by atoms with Crippen LogP contribution < -0.4 is 5.73 Å². The van der Waals surface area contributed by atoms with Gasteiger partial charge in [0.15, 0.2) is 0 Å². The fourth-order valence-electron chi connectivity index (χ4n) is 5.44. The van der Waals surface area contributed by atoms with Crippen LogP contribution in [0.2, 0.25) is 5.02 Å². The zero-order valence-corrected chi connectivity index (χ0v) is 17.5. The number of nitriles is 1. The first-order chi connectivity index (χ1) is 15.2. The Morgan fingerprint density at radius 2 is 2.07 bits per heavy atom. The summed E-state index contributed by atoms with van der Waals surface area (Å²) in [6.07, 6.45) is 4.09. The summed E-state index contributed by atoms with van der Waals surface area (Å²) in [5, 5.41) is 9.82. The average Bonchev–Trinajstić information content (AvgIpc) is 3.18. The quantitative estimate of drug-likeness (QED) is 0.768. The molecular weight excluding hydrogens is 398 g/mol. The highest BCUT2D eigenvalue weighted by Gasteiger charge is 2.61. The van der Waals surface area contributed by atoms with Crippen LogP contribution in [0, 0.1) is 16.7 Å². The first kappa shape index (κ1) is 17.2. The molecular formula is C24H24ClN3O2. The number of nitrogens with two attached hydrogens (primary N) is 1. The maximum Gasteiger partial charge on any atom is 0.283 e. The highest BCUT2D eigenvalue weighted by Crippen LogP contribution is 2.61. The van der Waals surface area contributed by atoms with Crippen LogP contribution in [-0.4, -0.2) is 25.8 Å². The van der Waals surface area contributed by atoms with Crippen LogP contribution in [0.25, 0.3) is 11.1 Å². The summed E-state index contributed by atoms with van der Waals surface area (Å²) < 4.78 is 28.8. The van der Waals surface area contributed by atoms with Gasteiger partial charge in [0.2, 0.25) is 0 Å². The molecule has 0 radical (unpaired) electrons. The van der Waals surface area contributed by atoms with E-state index in [0.717, 1.165) is 47.9 Å². The van der Waals surface area contributed by atoms with E-state index in [-0.39, 0.29) is 12.1 Å². The predicted molar refractivity (Wildman–Crippen MR) is 116 cm³/mol. The number of hydrogen-bond donors (Lipinski definition) is 1. The number of amidine groups is 1. The van der Waals surface area contributed by atoms with E-state index in [0.29, 0.717) is 17.0 Å². The molecule has 1 fully saturated rings. The second-order valence-electron chi connectivity index (χ2n) is 8.47. The number of nitrogens with zero attached hydrogens (tertiary/aromatic N) is 2. The Hall–Kier alpha value is -2.55. The van der Waals surface area contributed by atoms with E-state index in [1.807, 2.05) is 24.3 Å². The lowest BCUT2D eigenvalue weighted by Crippen LogP contribution is -2.46. The molecule has 1 unspecified atom stereocenters. The van der Waals surface area contributed by atoms with E-state index in [1.54, 1.807) is 19.2 Å². The molecule has 0 bridgehead atoms. The van der Waals surface area contributed by atoms with Gasteiger partial charge in [-0.05, 0) is 78.6 Å². The van der Waals surface area contributed by atoms with Gasteiger partial charge in [-0.1, -0.05) is 23.7 Å². The molecule has 1 atom stereocenters. The van der Waals surface area contributed by atoms with Crippen molar-refractivity contribution in [3.05, 3.63) is 58.1 Å². The van der Waals surface area contributed by atoms with Crippen LogP contribution in [0.1, 0.15) is 45.1 Å². The van der Waals surface area contributed by atoms with E-state index in [9.17, 15) is 5.26 Å². The fourth-order valence-corrected chi connectivity index (χ4v) is 5.68. The third-order valence-corrected chi connectivity index (χ3v) is 7.18. The maximum atomic E-state index is 9.34. The van der Waals surface area contributed by atoms with Gasteiger partial charge in [-0.25, -0.2) is 4.99 Å². The Balaban J connectivity index is 1.69. The number of methoxy groups -OCH3 is 1.